The fourth-order valence-electron chi connectivity index (χ4n) is 2.91. The zero-order chi connectivity index (χ0) is 19.4. The molecule has 1 aliphatic rings. The number of aromatic carboxylic acids is 1. The molecular weight excluding hydrogens is 350 g/mol. The largest absolute Gasteiger partial charge is 0.478 e. The average Bonchev–Trinajstić information content (AvgIpc) is 3.29. The van der Waals surface area contributed by atoms with E-state index in [-0.39, 0.29) is 23.6 Å². The molecule has 0 spiro atoms. The molecule has 0 bridgehead atoms. The number of nitrogens with one attached hydrogen (secondary N) is 1. The van der Waals surface area contributed by atoms with Gasteiger partial charge < -0.3 is 19.9 Å². The fraction of sp³-hybridized carbons (Fsp3) is 0.421. The molecule has 1 amide bonds. The maximum atomic E-state index is 12.4. The Bertz CT molecular complexity index is 809. The van der Waals surface area contributed by atoms with Crippen molar-refractivity contribution in [2.24, 2.45) is 0 Å². The molecule has 0 radical (unpaired) electrons. The van der Waals surface area contributed by atoms with Crippen molar-refractivity contribution in [2.75, 3.05) is 19.8 Å². The van der Waals surface area contributed by atoms with Crippen molar-refractivity contribution < 1.29 is 24.2 Å². The predicted octanol–water partition coefficient (Wildman–Crippen LogP) is 1.80. The molecule has 0 saturated carbocycles. The second-order valence-electron chi connectivity index (χ2n) is 6.60. The van der Waals surface area contributed by atoms with E-state index in [0.717, 1.165) is 13.0 Å². The maximum absolute atomic E-state index is 12.4. The van der Waals surface area contributed by atoms with E-state index in [1.165, 1.54) is 10.9 Å². The topological polar surface area (TPSA) is 103 Å². The van der Waals surface area contributed by atoms with Crippen molar-refractivity contribution in [1.82, 2.24) is 15.1 Å². The van der Waals surface area contributed by atoms with Crippen LogP contribution in [0.3, 0.4) is 0 Å². The summed E-state index contributed by atoms with van der Waals surface area (Å²) in [6.45, 7) is 5.35. The number of carboxylic acids is 1. The van der Waals surface area contributed by atoms with Crippen LogP contribution in [-0.4, -0.2) is 58.7 Å². The fourth-order valence-corrected chi connectivity index (χ4v) is 2.91. The Morgan fingerprint density at radius 2 is 2.15 bits per heavy atom. The van der Waals surface area contributed by atoms with Gasteiger partial charge in [-0.15, -0.1) is 0 Å². The molecule has 1 aromatic heterocycles. The SMILES string of the molecule is Cc1c(C(=O)O)cnn1-c1ccc(C(=O)N[C@@H](C)CO[C@@H]2CCOC2)cc1. The Morgan fingerprint density at radius 1 is 1.41 bits per heavy atom. The van der Waals surface area contributed by atoms with Crippen LogP contribution in [0.1, 0.15) is 39.8 Å². The lowest BCUT2D eigenvalue weighted by molar-refractivity contribution is 0.0318. The highest BCUT2D eigenvalue weighted by Crippen LogP contribution is 2.15. The number of aromatic nitrogens is 2. The van der Waals surface area contributed by atoms with Crippen LogP contribution in [0.15, 0.2) is 30.5 Å². The van der Waals surface area contributed by atoms with Gasteiger partial charge in [-0.05, 0) is 44.5 Å². The first-order valence-corrected chi connectivity index (χ1v) is 8.84. The first kappa shape index (κ1) is 19.1. The number of hydrogen-bond donors (Lipinski definition) is 2. The standard InChI is InChI=1S/C19H23N3O5/c1-12(10-27-16-7-8-26-11-16)21-18(23)14-3-5-15(6-4-14)22-13(2)17(9-20-22)19(24)25/h3-6,9,12,16H,7-8,10-11H2,1-2H3,(H,21,23)(H,24,25)/t12-,16+/m0/s1. The number of ether oxygens (including phenoxy) is 2. The highest BCUT2D eigenvalue weighted by Gasteiger charge is 2.18. The van der Waals surface area contributed by atoms with Gasteiger partial charge in [-0.25, -0.2) is 9.48 Å². The van der Waals surface area contributed by atoms with Crippen LogP contribution in [0.25, 0.3) is 5.69 Å². The minimum Gasteiger partial charge on any atom is -0.478 e. The molecule has 8 heteroatoms. The third-order valence-electron chi connectivity index (χ3n) is 4.46. The minimum atomic E-state index is -1.02. The summed E-state index contributed by atoms with van der Waals surface area (Å²) >= 11 is 0. The first-order chi connectivity index (χ1) is 13.0. The van der Waals surface area contributed by atoms with E-state index in [9.17, 15) is 9.59 Å². The molecule has 2 atom stereocenters. The Labute approximate surface area is 157 Å². The van der Waals surface area contributed by atoms with Gasteiger partial charge in [-0.1, -0.05) is 0 Å². The molecule has 0 aliphatic carbocycles. The Hall–Kier alpha value is -2.71. The summed E-state index contributed by atoms with van der Waals surface area (Å²) in [6.07, 6.45) is 2.31. The van der Waals surface area contributed by atoms with Crippen molar-refractivity contribution in [3.8, 4) is 5.69 Å². The van der Waals surface area contributed by atoms with Crippen LogP contribution in [0.5, 0.6) is 0 Å². The molecule has 27 heavy (non-hydrogen) atoms. The van der Waals surface area contributed by atoms with E-state index >= 15 is 0 Å². The van der Waals surface area contributed by atoms with Gasteiger partial charge in [0.25, 0.3) is 5.91 Å². The monoisotopic (exact) mass is 373 g/mol. The van der Waals surface area contributed by atoms with Crippen molar-refractivity contribution in [1.29, 1.82) is 0 Å². The molecule has 1 saturated heterocycles. The molecule has 1 aliphatic heterocycles. The van der Waals surface area contributed by atoms with Crippen LogP contribution < -0.4 is 5.32 Å². The molecule has 2 aromatic rings. The predicted molar refractivity (Wildman–Crippen MR) is 97.4 cm³/mol. The van der Waals surface area contributed by atoms with Gasteiger partial charge in [0.1, 0.15) is 5.56 Å². The lowest BCUT2D eigenvalue weighted by Gasteiger charge is -2.17. The van der Waals surface area contributed by atoms with E-state index in [1.54, 1.807) is 31.2 Å². The molecule has 144 valence electrons. The quantitative estimate of drug-likeness (QED) is 0.767. The Kier molecular flexibility index (Phi) is 5.88. The van der Waals surface area contributed by atoms with Crippen LogP contribution >= 0.6 is 0 Å². The number of carboxylic acid groups (broad SMARTS) is 1. The number of hydrogen-bond acceptors (Lipinski definition) is 5. The third kappa shape index (κ3) is 4.53. The first-order valence-electron chi connectivity index (χ1n) is 8.84. The number of carbonyl (C=O) groups is 2. The summed E-state index contributed by atoms with van der Waals surface area (Å²) in [7, 11) is 0. The lowest BCUT2D eigenvalue weighted by atomic mass is 10.1. The van der Waals surface area contributed by atoms with E-state index in [1.807, 2.05) is 6.92 Å². The van der Waals surface area contributed by atoms with Gasteiger partial charge in [0.2, 0.25) is 0 Å². The number of benzene rings is 1. The summed E-state index contributed by atoms with van der Waals surface area (Å²) in [5, 5.41) is 16.1. The summed E-state index contributed by atoms with van der Waals surface area (Å²) in [5.74, 6) is -1.21. The maximum Gasteiger partial charge on any atom is 0.339 e. The molecule has 2 N–H and O–H groups in total. The van der Waals surface area contributed by atoms with Gasteiger partial charge in [-0.3, -0.25) is 4.79 Å². The summed E-state index contributed by atoms with van der Waals surface area (Å²) in [6, 6.07) is 6.72. The highest BCUT2D eigenvalue weighted by atomic mass is 16.5. The van der Waals surface area contributed by atoms with Crippen molar-refractivity contribution in [3.05, 3.63) is 47.3 Å². The average molecular weight is 373 g/mol. The second-order valence-corrected chi connectivity index (χ2v) is 6.60. The number of rotatable bonds is 7. The van der Waals surface area contributed by atoms with Crippen molar-refractivity contribution in [2.45, 2.75) is 32.4 Å². The Balaban J connectivity index is 1.59. The van der Waals surface area contributed by atoms with Gasteiger partial charge in [0.05, 0.1) is 36.9 Å². The van der Waals surface area contributed by atoms with Gasteiger partial charge in [0, 0.05) is 18.2 Å². The smallest absolute Gasteiger partial charge is 0.339 e. The van der Waals surface area contributed by atoms with E-state index in [0.29, 0.717) is 30.2 Å². The minimum absolute atomic E-state index is 0.108. The zero-order valence-electron chi connectivity index (χ0n) is 15.3. The molecule has 0 unspecified atom stereocenters. The Morgan fingerprint density at radius 3 is 2.74 bits per heavy atom. The number of nitrogens with zero attached hydrogens (tertiary/aromatic N) is 2. The van der Waals surface area contributed by atoms with Gasteiger partial charge >= 0.3 is 5.97 Å². The van der Waals surface area contributed by atoms with E-state index < -0.39 is 5.97 Å². The van der Waals surface area contributed by atoms with Gasteiger partial charge in [-0.2, -0.15) is 5.10 Å². The van der Waals surface area contributed by atoms with Crippen LogP contribution in [0, 0.1) is 6.92 Å². The molecule has 1 aromatic carbocycles. The second kappa shape index (κ2) is 8.32. The van der Waals surface area contributed by atoms with E-state index in [2.05, 4.69) is 10.4 Å². The zero-order valence-corrected chi connectivity index (χ0v) is 15.3. The summed E-state index contributed by atoms with van der Waals surface area (Å²) < 4.78 is 12.5. The van der Waals surface area contributed by atoms with Crippen LogP contribution in [0.2, 0.25) is 0 Å². The third-order valence-corrected chi connectivity index (χ3v) is 4.46. The normalized spacial score (nSPS) is 17.6. The molecular formula is C19H23N3O5. The van der Waals surface area contributed by atoms with Gasteiger partial charge in [0.15, 0.2) is 0 Å². The van der Waals surface area contributed by atoms with Crippen LogP contribution in [-0.2, 0) is 9.47 Å². The van der Waals surface area contributed by atoms with Crippen molar-refractivity contribution >= 4 is 11.9 Å². The molecule has 2 heterocycles. The number of carbonyl (C=O) groups excluding carboxylic acids is 1. The molecule has 8 nitrogen and oxygen atoms in total. The molecule has 1 fully saturated rings. The summed E-state index contributed by atoms with van der Waals surface area (Å²) in [5.41, 5.74) is 1.88. The number of amides is 1. The van der Waals surface area contributed by atoms with Crippen LogP contribution in [0.4, 0.5) is 0 Å². The van der Waals surface area contributed by atoms with Crippen molar-refractivity contribution in [3.63, 3.8) is 0 Å². The molecule has 3 rings (SSSR count). The lowest BCUT2D eigenvalue weighted by Crippen LogP contribution is -2.37. The van der Waals surface area contributed by atoms with E-state index in [4.69, 9.17) is 14.6 Å². The summed E-state index contributed by atoms with van der Waals surface area (Å²) in [4.78, 5) is 23.5. The highest BCUT2D eigenvalue weighted by molar-refractivity contribution is 5.94.